The maximum atomic E-state index is 12.2. The van der Waals surface area contributed by atoms with Crippen LogP contribution in [0.2, 0.25) is 0 Å². The van der Waals surface area contributed by atoms with E-state index in [-0.39, 0.29) is 18.3 Å². The molecule has 0 saturated heterocycles. The molecule has 2 rings (SSSR count). The molecule has 1 saturated carbocycles. The number of rotatable bonds is 4. The van der Waals surface area contributed by atoms with Crippen molar-refractivity contribution in [3.05, 3.63) is 35.9 Å². The fourth-order valence-electron chi connectivity index (χ4n) is 2.69. The molecule has 1 aliphatic rings. The molecule has 3 nitrogen and oxygen atoms in total. The molecule has 1 fully saturated rings. The molecule has 2 N–H and O–H groups in total. The third-order valence-corrected chi connectivity index (χ3v) is 3.84. The molecular formula is C15H23ClN2O. The Kier molecular flexibility index (Phi) is 6.32. The van der Waals surface area contributed by atoms with Crippen LogP contribution < -0.4 is 5.73 Å². The Balaban J connectivity index is 0.00000180. The first-order chi connectivity index (χ1) is 8.68. The molecule has 0 aliphatic heterocycles. The highest BCUT2D eigenvalue weighted by molar-refractivity contribution is 5.85. The molecule has 106 valence electrons. The van der Waals surface area contributed by atoms with E-state index in [1.165, 1.54) is 12.8 Å². The number of amides is 1. The standard InChI is InChI=1S/C15H22N2O.ClH/c1-17(13-9-5-6-10-13)15(18)14(16)11-12-7-3-2-4-8-12;/h2-4,7-8,13-14H,5-6,9-11,16H2,1H3;1H/t14-;/m0./s1. The average Bonchev–Trinajstić information content (AvgIpc) is 2.92. The number of likely N-dealkylation sites (N-methyl/N-ethyl adjacent to an activating group) is 1. The molecule has 0 spiro atoms. The van der Waals surface area contributed by atoms with E-state index in [2.05, 4.69) is 0 Å². The Morgan fingerprint density at radius 2 is 1.89 bits per heavy atom. The Hall–Kier alpha value is -1.06. The van der Waals surface area contributed by atoms with E-state index in [0.717, 1.165) is 18.4 Å². The molecule has 0 unspecified atom stereocenters. The van der Waals surface area contributed by atoms with Crippen LogP contribution in [0, 0.1) is 0 Å². The predicted molar refractivity (Wildman–Crippen MR) is 80.4 cm³/mol. The zero-order chi connectivity index (χ0) is 13.0. The lowest BCUT2D eigenvalue weighted by Gasteiger charge is -2.27. The fourth-order valence-corrected chi connectivity index (χ4v) is 2.69. The second-order valence-corrected chi connectivity index (χ2v) is 5.18. The summed E-state index contributed by atoms with van der Waals surface area (Å²) in [4.78, 5) is 14.1. The fraction of sp³-hybridized carbons (Fsp3) is 0.533. The number of benzene rings is 1. The first-order valence-corrected chi connectivity index (χ1v) is 6.74. The van der Waals surface area contributed by atoms with Gasteiger partial charge in [-0.25, -0.2) is 0 Å². The van der Waals surface area contributed by atoms with Gasteiger partial charge in [0.05, 0.1) is 6.04 Å². The van der Waals surface area contributed by atoms with Gasteiger partial charge >= 0.3 is 0 Å². The third kappa shape index (κ3) is 4.22. The van der Waals surface area contributed by atoms with Crippen molar-refractivity contribution in [2.75, 3.05) is 7.05 Å². The molecule has 0 heterocycles. The van der Waals surface area contributed by atoms with Gasteiger partial charge in [0.15, 0.2) is 0 Å². The van der Waals surface area contributed by atoms with E-state index >= 15 is 0 Å². The van der Waals surface area contributed by atoms with Gasteiger partial charge in [-0.3, -0.25) is 4.79 Å². The Bertz CT molecular complexity index is 390. The third-order valence-electron chi connectivity index (χ3n) is 3.84. The van der Waals surface area contributed by atoms with Crippen LogP contribution in [0.1, 0.15) is 31.2 Å². The maximum Gasteiger partial charge on any atom is 0.239 e. The van der Waals surface area contributed by atoms with Crippen LogP contribution in [-0.4, -0.2) is 29.9 Å². The Morgan fingerprint density at radius 3 is 2.47 bits per heavy atom. The van der Waals surface area contributed by atoms with Crippen LogP contribution in [0.15, 0.2) is 30.3 Å². The van der Waals surface area contributed by atoms with Crippen molar-refractivity contribution >= 4 is 18.3 Å². The second-order valence-electron chi connectivity index (χ2n) is 5.18. The van der Waals surface area contributed by atoms with Crippen molar-refractivity contribution in [1.82, 2.24) is 4.90 Å². The molecule has 0 radical (unpaired) electrons. The summed E-state index contributed by atoms with van der Waals surface area (Å²) in [5.74, 6) is 0.0748. The van der Waals surface area contributed by atoms with Crippen LogP contribution in [-0.2, 0) is 11.2 Å². The van der Waals surface area contributed by atoms with Gasteiger partial charge in [-0.1, -0.05) is 43.2 Å². The van der Waals surface area contributed by atoms with E-state index in [1.54, 1.807) is 0 Å². The number of halogens is 1. The van der Waals surface area contributed by atoms with Gasteiger partial charge in [0.25, 0.3) is 0 Å². The summed E-state index contributed by atoms with van der Waals surface area (Å²) in [6.45, 7) is 0. The van der Waals surface area contributed by atoms with Crippen LogP contribution in [0.3, 0.4) is 0 Å². The number of carbonyl (C=O) groups is 1. The highest BCUT2D eigenvalue weighted by Gasteiger charge is 2.26. The quantitative estimate of drug-likeness (QED) is 0.922. The molecule has 0 aromatic heterocycles. The van der Waals surface area contributed by atoms with Gasteiger partial charge in [0, 0.05) is 13.1 Å². The van der Waals surface area contributed by atoms with Crippen molar-refractivity contribution in [2.24, 2.45) is 5.73 Å². The molecular weight excluding hydrogens is 260 g/mol. The highest BCUT2D eigenvalue weighted by Crippen LogP contribution is 2.22. The van der Waals surface area contributed by atoms with E-state index in [1.807, 2.05) is 42.3 Å². The van der Waals surface area contributed by atoms with Gasteiger partial charge in [0.2, 0.25) is 5.91 Å². The SMILES string of the molecule is CN(C(=O)[C@@H](N)Cc1ccccc1)C1CCCC1.Cl. The van der Waals surface area contributed by atoms with Crippen LogP contribution >= 0.6 is 12.4 Å². The number of carbonyl (C=O) groups excluding carboxylic acids is 1. The van der Waals surface area contributed by atoms with Crippen molar-refractivity contribution < 1.29 is 4.79 Å². The lowest BCUT2D eigenvalue weighted by molar-refractivity contribution is -0.133. The second kappa shape index (κ2) is 7.51. The average molecular weight is 283 g/mol. The first-order valence-electron chi connectivity index (χ1n) is 6.74. The minimum absolute atomic E-state index is 0. The van der Waals surface area contributed by atoms with Gasteiger partial charge in [-0.2, -0.15) is 0 Å². The largest absolute Gasteiger partial charge is 0.341 e. The van der Waals surface area contributed by atoms with Gasteiger partial charge in [-0.15, -0.1) is 12.4 Å². The van der Waals surface area contributed by atoms with E-state index in [4.69, 9.17) is 5.73 Å². The summed E-state index contributed by atoms with van der Waals surface area (Å²) >= 11 is 0. The highest BCUT2D eigenvalue weighted by atomic mass is 35.5. The minimum Gasteiger partial charge on any atom is -0.341 e. The molecule has 1 aliphatic carbocycles. The topological polar surface area (TPSA) is 46.3 Å². The van der Waals surface area contributed by atoms with E-state index < -0.39 is 6.04 Å². The number of hydrogen-bond acceptors (Lipinski definition) is 2. The first kappa shape index (κ1) is 16.0. The zero-order valence-corrected chi connectivity index (χ0v) is 12.2. The van der Waals surface area contributed by atoms with Crippen LogP contribution in [0.5, 0.6) is 0 Å². The van der Waals surface area contributed by atoms with E-state index in [9.17, 15) is 4.79 Å². The zero-order valence-electron chi connectivity index (χ0n) is 11.4. The Labute approximate surface area is 121 Å². The smallest absolute Gasteiger partial charge is 0.239 e. The number of nitrogens with zero attached hydrogens (tertiary/aromatic N) is 1. The summed E-state index contributed by atoms with van der Waals surface area (Å²) in [6.07, 6.45) is 5.34. The molecule has 1 amide bonds. The van der Waals surface area contributed by atoms with Crippen molar-refractivity contribution in [2.45, 2.75) is 44.2 Å². The number of nitrogens with two attached hydrogens (primary N) is 1. The van der Waals surface area contributed by atoms with Gasteiger partial charge < -0.3 is 10.6 Å². The summed E-state index contributed by atoms with van der Waals surface area (Å²) in [5, 5.41) is 0. The summed E-state index contributed by atoms with van der Waals surface area (Å²) in [6, 6.07) is 9.95. The minimum atomic E-state index is -0.419. The van der Waals surface area contributed by atoms with Crippen molar-refractivity contribution in [1.29, 1.82) is 0 Å². The molecule has 19 heavy (non-hydrogen) atoms. The molecule has 1 atom stereocenters. The van der Waals surface area contributed by atoms with E-state index in [0.29, 0.717) is 12.5 Å². The lowest BCUT2D eigenvalue weighted by Crippen LogP contribution is -2.46. The van der Waals surface area contributed by atoms with Gasteiger partial charge in [0.1, 0.15) is 0 Å². The predicted octanol–water partition coefficient (Wildman–Crippen LogP) is 2.38. The Morgan fingerprint density at radius 1 is 1.32 bits per heavy atom. The molecule has 4 heteroatoms. The normalized spacial score (nSPS) is 16.7. The monoisotopic (exact) mass is 282 g/mol. The van der Waals surface area contributed by atoms with Crippen LogP contribution in [0.25, 0.3) is 0 Å². The van der Waals surface area contributed by atoms with Crippen molar-refractivity contribution in [3.63, 3.8) is 0 Å². The summed E-state index contributed by atoms with van der Waals surface area (Å²) in [7, 11) is 1.89. The maximum absolute atomic E-state index is 12.2. The lowest BCUT2D eigenvalue weighted by atomic mass is 10.0. The summed E-state index contributed by atoms with van der Waals surface area (Å²) < 4.78 is 0. The molecule has 1 aromatic rings. The molecule has 1 aromatic carbocycles. The van der Waals surface area contributed by atoms with Crippen molar-refractivity contribution in [3.8, 4) is 0 Å². The number of hydrogen-bond donors (Lipinski definition) is 1. The molecule has 0 bridgehead atoms. The van der Waals surface area contributed by atoms with Gasteiger partial charge in [-0.05, 0) is 24.8 Å². The summed E-state index contributed by atoms with van der Waals surface area (Å²) in [5.41, 5.74) is 7.15. The van der Waals surface area contributed by atoms with Crippen LogP contribution in [0.4, 0.5) is 0 Å².